The molecule has 0 aliphatic carbocycles. The molecule has 122 valence electrons. The molecule has 0 N–H and O–H groups in total. The minimum atomic E-state index is -0.0752. The van der Waals surface area contributed by atoms with Crippen molar-refractivity contribution in [1.29, 1.82) is 0 Å². The van der Waals surface area contributed by atoms with E-state index in [0.29, 0.717) is 0 Å². The van der Waals surface area contributed by atoms with E-state index < -0.39 is 0 Å². The third kappa shape index (κ3) is 7.08. The first-order chi connectivity index (χ1) is 9.70. The molecule has 1 unspecified atom stereocenters. The van der Waals surface area contributed by atoms with Gasteiger partial charge in [0.05, 0.1) is 11.7 Å². The molecule has 0 aromatic heterocycles. The van der Waals surface area contributed by atoms with Gasteiger partial charge in [0.15, 0.2) is 0 Å². The summed E-state index contributed by atoms with van der Waals surface area (Å²) < 4.78 is 12.2. The van der Waals surface area contributed by atoms with Gasteiger partial charge in [0.2, 0.25) is 0 Å². The van der Waals surface area contributed by atoms with Crippen molar-refractivity contribution in [1.82, 2.24) is 0 Å². The van der Waals surface area contributed by atoms with Crippen molar-refractivity contribution in [2.75, 3.05) is 13.2 Å². The molecule has 20 heavy (non-hydrogen) atoms. The van der Waals surface area contributed by atoms with Gasteiger partial charge in [-0.25, -0.2) is 0 Å². The van der Waals surface area contributed by atoms with E-state index in [1.807, 2.05) is 0 Å². The van der Waals surface area contributed by atoms with Crippen molar-refractivity contribution < 1.29 is 9.47 Å². The molecule has 0 spiro atoms. The van der Waals surface area contributed by atoms with Crippen LogP contribution in [-0.4, -0.2) is 24.9 Å². The molecule has 0 saturated carbocycles. The highest BCUT2D eigenvalue weighted by atomic mass is 16.5. The van der Waals surface area contributed by atoms with Crippen LogP contribution in [0.25, 0.3) is 0 Å². The summed E-state index contributed by atoms with van der Waals surface area (Å²) in [5, 5.41) is 0. The lowest BCUT2D eigenvalue weighted by molar-refractivity contribution is -0.149. The third-order valence-electron chi connectivity index (χ3n) is 4.40. The van der Waals surface area contributed by atoms with E-state index in [-0.39, 0.29) is 11.7 Å². The zero-order valence-corrected chi connectivity index (χ0v) is 14.7. The van der Waals surface area contributed by atoms with Gasteiger partial charge >= 0.3 is 0 Å². The molecular formula is C18H38O2. The SMILES string of the molecule is CCCCCCCCC(OCC)C(CC)(CC)OCC. The second kappa shape index (κ2) is 12.6. The van der Waals surface area contributed by atoms with Crippen molar-refractivity contribution in [2.45, 2.75) is 104 Å². The molecule has 0 bridgehead atoms. The third-order valence-corrected chi connectivity index (χ3v) is 4.40. The van der Waals surface area contributed by atoms with Crippen LogP contribution in [0.2, 0.25) is 0 Å². The van der Waals surface area contributed by atoms with Gasteiger partial charge in [0.1, 0.15) is 0 Å². The van der Waals surface area contributed by atoms with Gasteiger partial charge in [0, 0.05) is 13.2 Å². The van der Waals surface area contributed by atoms with Crippen molar-refractivity contribution >= 4 is 0 Å². The lowest BCUT2D eigenvalue weighted by Gasteiger charge is -2.39. The molecule has 0 rings (SSSR count). The Morgan fingerprint density at radius 3 is 1.85 bits per heavy atom. The summed E-state index contributed by atoms with van der Waals surface area (Å²) in [7, 11) is 0. The monoisotopic (exact) mass is 286 g/mol. The molecule has 0 saturated heterocycles. The number of ether oxygens (including phenoxy) is 2. The van der Waals surface area contributed by atoms with Crippen LogP contribution in [0.1, 0.15) is 92.4 Å². The largest absolute Gasteiger partial charge is 0.376 e. The highest BCUT2D eigenvalue weighted by Crippen LogP contribution is 2.30. The van der Waals surface area contributed by atoms with E-state index in [1.54, 1.807) is 0 Å². The molecule has 2 nitrogen and oxygen atoms in total. The molecule has 1 atom stereocenters. The Kier molecular flexibility index (Phi) is 12.6. The van der Waals surface area contributed by atoms with Crippen LogP contribution >= 0.6 is 0 Å². The summed E-state index contributed by atoms with van der Waals surface area (Å²) >= 11 is 0. The lowest BCUT2D eigenvalue weighted by Crippen LogP contribution is -2.45. The van der Waals surface area contributed by atoms with Gasteiger partial charge in [-0.1, -0.05) is 59.3 Å². The Morgan fingerprint density at radius 2 is 1.35 bits per heavy atom. The summed E-state index contributed by atoms with van der Waals surface area (Å²) in [6, 6.07) is 0. The highest BCUT2D eigenvalue weighted by molar-refractivity contribution is 4.87. The molecule has 0 radical (unpaired) electrons. The van der Waals surface area contributed by atoms with Gasteiger partial charge in [-0.15, -0.1) is 0 Å². The lowest BCUT2D eigenvalue weighted by atomic mass is 9.86. The van der Waals surface area contributed by atoms with E-state index >= 15 is 0 Å². The van der Waals surface area contributed by atoms with Gasteiger partial charge in [-0.2, -0.15) is 0 Å². The normalized spacial score (nSPS) is 13.7. The van der Waals surface area contributed by atoms with Crippen LogP contribution in [0.5, 0.6) is 0 Å². The molecule has 0 aliphatic rings. The molecule has 0 aromatic rings. The molecule has 0 amide bonds. The highest BCUT2D eigenvalue weighted by Gasteiger charge is 2.36. The Balaban J connectivity index is 4.29. The summed E-state index contributed by atoms with van der Waals surface area (Å²) in [5.74, 6) is 0. The predicted octanol–water partition coefficient (Wildman–Crippen LogP) is 5.74. The summed E-state index contributed by atoms with van der Waals surface area (Å²) in [6.07, 6.45) is 11.5. The van der Waals surface area contributed by atoms with E-state index in [1.165, 1.54) is 38.5 Å². The Bertz CT molecular complexity index is 200. The van der Waals surface area contributed by atoms with E-state index in [4.69, 9.17) is 9.47 Å². The number of unbranched alkanes of at least 4 members (excludes halogenated alkanes) is 5. The van der Waals surface area contributed by atoms with Crippen LogP contribution in [0, 0.1) is 0 Å². The molecule has 2 heteroatoms. The van der Waals surface area contributed by atoms with E-state index in [9.17, 15) is 0 Å². The quantitative estimate of drug-likeness (QED) is 0.379. The number of hydrogen-bond donors (Lipinski definition) is 0. The fourth-order valence-electron chi connectivity index (χ4n) is 3.10. The first-order valence-electron chi connectivity index (χ1n) is 8.96. The summed E-state index contributed by atoms with van der Waals surface area (Å²) in [6.45, 7) is 12.5. The van der Waals surface area contributed by atoms with Crippen LogP contribution in [0.3, 0.4) is 0 Å². The summed E-state index contributed by atoms with van der Waals surface area (Å²) in [5.41, 5.74) is -0.0752. The zero-order valence-electron chi connectivity index (χ0n) is 14.7. The standard InChI is InChI=1S/C18H38O2/c1-6-11-12-13-14-15-16-17(19-9-4)18(7-2,8-3)20-10-5/h17H,6-16H2,1-5H3. The predicted molar refractivity (Wildman–Crippen MR) is 88.3 cm³/mol. The molecular weight excluding hydrogens is 248 g/mol. The van der Waals surface area contributed by atoms with Crippen molar-refractivity contribution in [3.8, 4) is 0 Å². The second-order valence-corrected chi connectivity index (χ2v) is 5.71. The molecule has 0 fully saturated rings. The maximum absolute atomic E-state index is 6.11. The van der Waals surface area contributed by atoms with Crippen molar-refractivity contribution in [3.63, 3.8) is 0 Å². The minimum Gasteiger partial charge on any atom is -0.376 e. The molecule has 0 aromatic carbocycles. The maximum atomic E-state index is 6.11. The molecule has 0 aliphatic heterocycles. The summed E-state index contributed by atoms with van der Waals surface area (Å²) in [4.78, 5) is 0. The average molecular weight is 286 g/mol. The van der Waals surface area contributed by atoms with Crippen LogP contribution in [0.4, 0.5) is 0 Å². The second-order valence-electron chi connectivity index (χ2n) is 5.71. The van der Waals surface area contributed by atoms with Crippen LogP contribution in [0.15, 0.2) is 0 Å². The van der Waals surface area contributed by atoms with Crippen molar-refractivity contribution in [2.24, 2.45) is 0 Å². The van der Waals surface area contributed by atoms with Gasteiger partial charge in [-0.3, -0.25) is 0 Å². The zero-order chi connectivity index (χ0) is 15.3. The first-order valence-corrected chi connectivity index (χ1v) is 8.96. The van der Waals surface area contributed by atoms with Crippen molar-refractivity contribution in [3.05, 3.63) is 0 Å². The topological polar surface area (TPSA) is 18.5 Å². The Labute approximate surface area is 127 Å². The average Bonchev–Trinajstić information content (AvgIpc) is 2.47. The number of rotatable bonds is 14. The fourth-order valence-corrected chi connectivity index (χ4v) is 3.10. The number of hydrogen-bond acceptors (Lipinski definition) is 2. The van der Waals surface area contributed by atoms with Crippen LogP contribution in [-0.2, 0) is 9.47 Å². The maximum Gasteiger partial charge on any atom is 0.0937 e. The van der Waals surface area contributed by atoms with Crippen LogP contribution < -0.4 is 0 Å². The minimum absolute atomic E-state index is 0.0752. The first kappa shape index (κ1) is 19.9. The molecule has 0 heterocycles. The van der Waals surface area contributed by atoms with Gasteiger partial charge in [0.25, 0.3) is 0 Å². The smallest absolute Gasteiger partial charge is 0.0937 e. The van der Waals surface area contributed by atoms with Gasteiger partial charge in [-0.05, 0) is 33.1 Å². The van der Waals surface area contributed by atoms with E-state index in [0.717, 1.165) is 32.5 Å². The Morgan fingerprint density at radius 1 is 0.750 bits per heavy atom. The fraction of sp³-hybridized carbons (Fsp3) is 1.00. The van der Waals surface area contributed by atoms with E-state index in [2.05, 4.69) is 34.6 Å². The Hall–Kier alpha value is -0.0800. The van der Waals surface area contributed by atoms with Gasteiger partial charge < -0.3 is 9.47 Å².